The molecule has 114 heavy (non-hydrogen) atoms. The number of nitrogens with one attached hydrogen (secondary N) is 2. The van der Waals surface area contributed by atoms with Crippen molar-refractivity contribution < 1.29 is 145 Å². The minimum Gasteiger partial charge on any atom is -0.544 e. The quantitative estimate of drug-likeness (QED) is 0.0203. The number of rotatable bonds is 19. The molecule has 0 bridgehead atoms. The van der Waals surface area contributed by atoms with Crippen molar-refractivity contribution >= 4 is 168 Å². The van der Waals surface area contributed by atoms with E-state index >= 15 is 0 Å². The normalized spacial score (nSPS) is 10.7. The number of carboxylic acid groups (broad SMARTS) is 2. The van der Waals surface area contributed by atoms with Crippen LogP contribution in [0.2, 0.25) is 30.1 Å². The number of aliphatic hydroxyl groups excluding tert-OH is 6. The summed E-state index contributed by atoms with van der Waals surface area (Å²) < 4.78 is 26.3. The number of aldehydes is 1. The number of amides is 2. The molecule has 0 saturated carbocycles. The number of phenols is 5. The van der Waals surface area contributed by atoms with Gasteiger partial charge in [-0.25, -0.2) is 9.59 Å². The number of aromatic carboxylic acids is 2. The molecule has 25 nitrogen and oxygen atoms in total. The summed E-state index contributed by atoms with van der Waals surface area (Å²) in [6, 6.07) is 14.5. The summed E-state index contributed by atoms with van der Waals surface area (Å²) in [6.45, 7) is 32.1. The molecule has 0 aromatic heterocycles. The molecule has 6 aromatic rings. The topological polar surface area (TPSA) is 466 Å². The van der Waals surface area contributed by atoms with Gasteiger partial charge in [0.15, 0.2) is 12.0 Å². The molecule has 2 amide bonds. The number of nitrogens with zero attached hydrogens (tertiary/aromatic N) is 1. The second-order valence-corrected chi connectivity index (χ2v) is 34.6. The molecule has 0 spiro atoms. The number of phenolic OH excluding ortho intramolecular Hbond substituents is 3. The first kappa shape index (κ1) is 121. The van der Waals surface area contributed by atoms with Crippen LogP contribution >= 0.6 is 130 Å². The monoisotopic (exact) mass is 1960 g/mol. The van der Waals surface area contributed by atoms with Gasteiger partial charge in [-0.05, 0) is 137 Å². The number of benzene rings is 6. The minimum absolute atomic E-state index is 0. The van der Waals surface area contributed by atoms with Crippen molar-refractivity contribution in [2.75, 3.05) is 6.61 Å². The second-order valence-electron chi connectivity index (χ2n) is 29.4. The average Bonchev–Trinajstić information content (AvgIpc) is 0.868. The number of hydrogen-bond donors (Lipinski definition) is 17. The third kappa shape index (κ3) is 44.9. The molecule has 0 atom stereocenters. The van der Waals surface area contributed by atoms with E-state index in [2.05, 4.69) is 159 Å². The van der Waals surface area contributed by atoms with Crippen molar-refractivity contribution in [1.29, 1.82) is 0 Å². The third-order valence-corrected chi connectivity index (χ3v) is 18.3. The Balaban J connectivity index is -0.000000301. The molecular weight excluding hydrogens is 1860 g/mol. The number of carboxylic acids is 2. The van der Waals surface area contributed by atoms with Gasteiger partial charge in [-0.2, -0.15) is 0 Å². The third-order valence-electron chi connectivity index (χ3n) is 13.7. The smallest absolute Gasteiger partial charge is 0.544 e. The van der Waals surface area contributed by atoms with Crippen LogP contribution in [-0.2, 0) is 39.6 Å². The van der Waals surface area contributed by atoms with E-state index in [4.69, 9.17) is 125 Å². The first-order chi connectivity index (χ1) is 50.8. The van der Waals surface area contributed by atoms with Crippen LogP contribution < -0.4 is 60.0 Å². The molecule has 0 saturated heterocycles. The Morgan fingerprint density at radius 2 is 0.851 bits per heavy atom. The maximum atomic E-state index is 12.9. The number of thiol groups is 1. The van der Waals surface area contributed by atoms with Crippen molar-refractivity contribution in [1.82, 2.24) is 10.6 Å². The molecule has 38 heteroatoms. The number of aliphatic hydroxyl groups is 6. The molecule has 0 heterocycles. The maximum Gasteiger partial charge on any atom is 1.00 e. The maximum absolute atomic E-state index is 12.9. The molecule has 17 N–H and O–H groups in total. The predicted octanol–water partition coefficient (Wildman–Crippen LogP) is 13.9. The van der Waals surface area contributed by atoms with Crippen LogP contribution in [0.5, 0.6) is 34.5 Å². The van der Waals surface area contributed by atoms with Crippen LogP contribution in [0.15, 0.2) is 78.4 Å². The molecule has 0 aliphatic heterocycles. The fourth-order valence-electron chi connectivity index (χ4n) is 10.5. The largest absolute Gasteiger partial charge is 1.00 e. The van der Waals surface area contributed by atoms with E-state index in [1.165, 1.54) is 42.5 Å². The Bertz CT molecular complexity index is 4030. The Morgan fingerprint density at radius 3 is 1.18 bits per heavy atom. The Hall–Kier alpha value is -4.01. The zero-order valence-corrected chi connectivity index (χ0v) is 78.0. The molecule has 1 radical (unpaired) electrons. The van der Waals surface area contributed by atoms with Crippen molar-refractivity contribution in [3.63, 3.8) is 0 Å². The number of halogens is 10. The number of nitrogens with two attached hydrogens (primary N) is 1. The SMILES string of the molecule is C.C.CC(C)(C)CC(C)(C)N.CC(C)(C)CC(C)(C)NC(=O)c1cc(Br)c(CO)c(Cl)c1O.CCCOc1c(C(=O)NC(C)(C)CC(C)(C)C)cc(Br)c(CO)c1Cl.O=C(O)c1cc(Br)c(CO)c(Cl)c1O.O=C(O)c1ccc(CO)c(Cl)c1O.O=Cc1ccc(CO)c(Cl)c1O.OCc1cccc(O)c1Cl.[B]=NS.[Na+].[O-][Cl+][O-]. The number of carbonyl (C=O) groups excluding carboxylic acids is 3. The molecule has 0 aliphatic rings. The van der Waals surface area contributed by atoms with E-state index in [-0.39, 0.29) is 187 Å². The number of hydrogen-bond acceptors (Lipinski definition) is 22. The molecule has 6 aromatic carbocycles. The first-order valence-electron chi connectivity index (χ1n) is 32.8. The van der Waals surface area contributed by atoms with Crippen molar-refractivity contribution in [3.05, 3.63) is 165 Å². The Labute approximate surface area is 757 Å². The fourth-order valence-corrected chi connectivity index (χ4v) is 14.0. The van der Waals surface area contributed by atoms with E-state index in [0.717, 1.165) is 25.7 Å². The van der Waals surface area contributed by atoms with Gasteiger partial charge in [0.2, 0.25) is 0 Å². The average molecular weight is 1970 g/mol. The molecule has 0 unspecified atom stereocenters. The summed E-state index contributed by atoms with van der Waals surface area (Å²) in [4.78, 5) is 56.8. The van der Waals surface area contributed by atoms with E-state index in [0.29, 0.717) is 70.9 Å². The molecule has 637 valence electrons. The van der Waals surface area contributed by atoms with Crippen LogP contribution in [0.3, 0.4) is 0 Å². The molecule has 6 rings (SSSR count). The summed E-state index contributed by atoms with van der Waals surface area (Å²) >= 11 is 47.2. The van der Waals surface area contributed by atoms with Gasteiger partial charge >= 0.3 is 66.3 Å². The van der Waals surface area contributed by atoms with Crippen LogP contribution in [0, 0.1) is 27.6 Å². The zero-order chi connectivity index (χ0) is 87.4. The van der Waals surface area contributed by atoms with Crippen molar-refractivity contribution in [2.24, 2.45) is 26.3 Å². The minimum atomic E-state index is -1.28. The van der Waals surface area contributed by atoms with Gasteiger partial charge in [0.1, 0.15) is 39.9 Å². The van der Waals surface area contributed by atoms with Gasteiger partial charge in [-0.15, -0.1) is 0 Å². The summed E-state index contributed by atoms with van der Waals surface area (Å²) in [6.07, 6.45) is 3.95. The van der Waals surface area contributed by atoms with Crippen molar-refractivity contribution in [3.8, 4) is 34.5 Å². The van der Waals surface area contributed by atoms with Crippen LogP contribution in [0.4, 0.5) is 0 Å². The number of ether oxygens (including phenoxy) is 1. The molecule has 0 fully saturated rings. The second kappa shape index (κ2) is 57.3. The van der Waals surface area contributed by atoms with Gasteiger partial charge in [-0.1, -0.05) is 226 Å². The van der Waals surface area contributed by atoms with Gasteiger partial charge < -0.3 is 96.8 Å². The van der Waals surface area contributed by atoms with Crippen molar-refractivity contribution in [2.45, 2.75) is 208 Å². The fraction of sp³-hybridized carbons (Fsp3) is 0.461. The predicted molar refractivity (Wildman–Crippen MR) is 455 cm³/mol. The van der Waals surface area contributed by atoms with Gasteiger partial charge in [-0.3, -0.25) is 14.4 Å². The van der Waals surface area contributed by atoms with Gasteiger partial charge in [0, 0.05) is 46.7 Å². The van der Waals surface area contributed by atoms with Crippen LogP contribution in [-0.4, -0.2) is 127 Å². The van der Waals surface area contributed by atoms with Gasteiger partial charge in [0.05, 0.1) is 104 Å². The number of carbonyl (C=O) groups is 5. The Kier molecular flexibility index (Phi) is 60.7. The first-order valence-corrected chi connectivity index (χ1v) is 38.5. The standard InChI is InChI=1S/C19H29BrClNO3.C16H23BrClNO3.C8H6BrClO4.C8H7ClO4.C8H7ClO3.C8H19N.C7H7ClO2.2CH4.BHNS.ClO2.Na/c1-7-8-25-16-12(9-14(20)13(10-23)15(16)21)17(24)22-19(5,6)11-18(2,3)4;1-15(2,3)8-16(4,5)19-14(22)9-6-11(17)10(7-20)12(18)13(9)21;9-5-1-3(8(13)14)7(12)6(10)4(5)2-11;9-6-4(3-10)1-2-5(7(6)11)8(12)13;9-7-5(3-10)1-2-6(4-11)8(7)12;1-7(2,3)6-8(4,5)9;8-7-5(4-9)2-1-3-6(7)10;;;1-2-3;2-1-3;/h9,23H,7-8,10-11H2,1-6H3,(H,22,24);6,20-21H,7-8H2,1-5H3,(H,19,22);1,11-12H,2H2,(H,13,14);1-2,10-11H,3H2,(H,12,13);1-2,4,10,12H,3H2;6,9H2,1-5H3;1-3,9-10H,4H2;2*1H4;3H;;/q;;;;;;;;;;-1;+1. The van der Waals surface area contributed by atoms with E-state index in [1.807, 2.05) is 34.6 Å². The van der Waals surface area contributed by atoms with Crippen LogP contribution in [0.25, 0.3) is 0 Å². The van der Waals surface area contributed by atoms with E-state index < -0.39 is 46.2 Å². The number of aromatic hydroxyl groups is 5. The van der Waals surface area contributed by atoms with E-state index in [9.17, 15) is 54.6 Å². The Morgan fingerprint density at radius 1 is 0.526 bits per heavy atom. The summed E-state index contributed by atoms with van der Waals surface area (Å²) in [5.74, 6) is -4.51. The zero-order valence-electron chi connectivity index (χ0n) is 65.0. The molecule has 0 aliphatic carbocycles. The van der Waals surface area contributed by atoms with Crippen LogP contribution in [0.1, 0.15) is 236 Å². The van der Waals surface area contributed by atoms with Gasteiger partial charge in [0.25, 0.3) is 11.8 Å². The molecular formula is C76H107BBr3Cl7N4NaO21S. The summed E-state index contributed by atoms with van der Waals surface area (Å²) in [7, 11) is 4.34. The van der Waals surface area contributed by atoms with E-state index in [1.54, 1.807) is 18.2 Å². The summed E-state index contributed by atoms with van der Waals surface area (Å²) in [5, 5.41) is 124. The summed E-state index contributed by atoms with van der Waals surface area (Å²) in [5.41, 5.74) is 7.83.